The summed E-state index contributed by atoms with van der Waals surface area (Å²) in [4.78, 5) is 26.2. The van der Waals surface area contributed by atoms with Gasteiger partial charge in [0.05, 0.1) is 10.0 Å². The van der Waals surface area contributed by atoms with Gasteiger partial charge in [0.2, 0.25) is 0 Å². The Labute approximate surface area is 204 Å². The molecule has 0 aliphatic carbocycles. The van der Waals surface area contributed by atoms with Gasteiger partial charge in [0.15, 0.2) is 0 Å². The van der Waals surface area contributed by atoms with Gasteiger partial charge in [-0.3, -0.25) is 0 Å². The topological polar surface area (TPSA) is 61.4 Å². The monoisotopic (exact) mass is 483 g/mol. The van der Waals surface area contributed by atoms with Crippen molar-refractivity contribution in [2.75, 3.05) is 36.4 Å². The maximum absolute atomic E-state index is 12.7. The highest BCUT2D eigenvalue weighted by atomic mass is 35.5. The highest BCUT2D eigenvalue weighted by Gasteiger charge is 2.25. The lowest BCUT2D eigenvalue weighted by Gasteiger charge is -2.36. The zero-order chi connectivity index (χ0) is 23.5. The zero-order valence-corrected chi connectivity index (χ0v) is 20.5. The second-order valence-electron chi connectivity index (χ2n) is 8.35. The Kier molecular flexibility index (Phi) is 7.05. The summed E-state index contributed by atoms with van der Waals surface area (Å²) in [5.74, 6) is 1.72. The van der Waals surface area contributed by atoms with Crippen LogP contribution in [0.3, 0.4) is 0 Å². The van der Waals surface area contributed by atoms with Gasteiger partial charge in [-0.05, 0) is 44.5 Å². The molecular formula is C25H27Cl2N5O. The molecule has 1 fully saturated rings. The smallest absolute Gasteiger partial charge is 0.321 e. The van der Waals surface area contributed by atoms with E-state index in [0.717, 1.165) is 29.3 Å². The van der Waals surface area contributed by atoms with Crippen LogP contribution in [-0.2, 0) is 6.42 Å². The SMILES string of the molecule is Cc1ccc(Cc2c(C)nc(C)nc2N2CCN(C(=O)Nc3ccc(Cl)c(Cl)c3)CC2)cc1. The van der Waals surface area contributed by atoms with Crippen molar-refractivity contribution in [2.45, 2.75) is 27.2 Å². The standard InChI is InChI=1S/C25H27Cl2N5O/c1-16-4-6-19(7-5-16)14-21-17(2)28-18(3)29-24(21)31-10-12-32(13-11-31)25(33)30-20-8-9-22(26)23(27)15-20/h4-9,15H,10-14H2,1-3H3,(H,30,33). The van der Waals surface area contributed by atoms with E-state index in [1.54, 1.807) is 23.1 Å². The number of aromatic nitrogens is 2. The van der Waals surface area contributed by atoms with E-state index >= 15 is 0 Å². The molecule has 8 heteroatoms. The number of rotatable bonds is 4. The fraction of sp³-hybridized carbons (Fsp3) is 0.320. The van der Waals surface area contributed by atoms with Gasteiger partial charge in [-0.2, -0.15) is 0 Å². The van der Waals surface area contributed by atoms with Crippen molar-refractivity contribution < 1.29 is 4.79 Å². The molecule has 4 rings (SSSR count). The first-order valence-corrected chi connectivity index (χ1v) is 11.7. The Morgan fingerprint density at radius 3 is 2.30 bits per heavy atom. The minimum absolute atomic E-state index is 0.150. The molecule has 0 bridgehead atoms. The molecule has 2 amide bonds. The van der Waals surface area contributed by atoms with Crippen LogP contribution in [-0.4, -0.2) is 47.1 Å². The second kappa shape index (κ2) is 9.98. The van der Waals surface area contributed by atoms with Gasteiger partial charge >= 0.3 is 6.03 Å². The number of amides is 2. The summed E-state index contributed by atoms with van der Waals surface area (Å²) >= 11 is 12.0. The second-order valence-corrected chi connectivity index (χ2v) is 9.17. The summed E-state index contributed by atoms with van der Waals surface area (Å²) in [7, 11) is 0. The van der Waals surface area contributed by atoms with Crippen LogP contribution in [0, 0.1) is 20.8 Å². The molecule has 0 unspecified atom stereocenters. The molecule has 1 aliphatic rings. The largest absolute Gasteiger partial charge is 0.353 e. The molecule has 172 valence electrons. The van der Waals surface area contributed by atoms with E-state index in [0.29, 0.717) is 41.9 Å². The molecule has 0 saturated carbocycles. The first-order chi connectivity index (χ1) is 15.8. The predicted molar refractivity (Wildman–Crippen MR) is 135 cm³/mol. The van der Waals surface area contributed by atoms with Gasteiger partial charge in [0, 0.05) is 49.5 Å². The van der Waals surface area contributed by atoms with Crippen LogP contribution in [0.4, 0.5) is 16.3 Å². The highest BCUT2D eigenvalue weighted by Crippen LogP contribution is 2.27. The number of halogens is 2. The molecule has 6 nitrogen and oxygen atoms in total. The highest BCUT2D eigenvalue weighted by molar-refractivity contribution is 6.42. The van der Waals surface area contributed by atoms with Gasteiger partial charge in [-0.25, -0.2) is 14.8 Å². The minimum Gasteiger partial charge on any atom is -0.353 e. The average molecular weight is 484 g/mol. The first-order valence-electron chi connectivity index (χ1n) is 11.0. The summed E-state index contributed by atoms with van der Waals surface area (Å²) < 4.78 is 0. The van der Waals surface area contributed by atoms with Crippen LogP contribution in [0.25, 0.3) is 0 Å². The van der Waals surface area contributed by atoms with Gasteiger partial charge in [-0.1, -0.05) is 53.0 Å². The number of hydrogen-bond acceptors (Lipinski definition) is 4. The lowest BCUT2D eigenvalue weighted by Crippen LogP contribution is -2.50. The van der Waals surface area contributed by atoms with Crippen LogP contribution in [0.5, 0.6) is 0 Å². The van der Waals surface area contributed by atoms with Crippen molar-refractivity contribution in [3.05, 3.63) is 80.7 Å². The van der Waals surface area contributed by atoms with Crippen LogP contribution in [0.2, 0.25) is 10.0 Å². The molecule has 2 heterocycles. The quantitative estimate of drug-likeness (QED) is 0.520. The molecule has 1 N–H and O–H groups in total. The lowest BCUT2D eigenvalue weighted by molar-refractivity contribution is 0.208. The predicted octanol–water partition coefficient (Wildman–Crippen LogP) is 5.65. The minimum atomic E-state index is -0.150. The first kappa shape index (κ1) is 23.3. The van der Waals surface area contributed by atoms with Crippen LogP contribution < -0.4 is 10.2 Å². The third-order valence-corrected chi connectivity index (χ3v) is 6.58. The van der Waals surface area contributed by atoms with E-state index in [1.807, 2.05) is 13.8 Å². The number of hydrogen-bond donors (Lipinski definition) is 1. The number of piperazine rings is 1. The number of nitrogens with one attached hydrogen (secondary N) is 1. The number of benzene rings is 2. The molecule has 1 aromatic heterocycles. The van der Waals surface area contributed by atoms with Crippen molar-refractivity contribution in [1.29, 1.82) is 0 Å². The maximum atomic E-state index is 12.7. The summed E-state index contributed by atoms with van der Waals surface area (Å²) in [6, 6.07) is 13.5. The molecule has 1 aliphatic heterocycles. The summed E-state index contributed by atoms with van der Waals surface area (Å²) in [5.41, 5.74) is 5.23. The fourth-order valence-corrected chi connectivity index (χ4v) is 4.29. The number of nitrogens with zero attached hydrogens (tertiary/aromatic N) is 4. The van der Waals surface area contributed by atoms with E-state index in [4.69, 9.17) is 28.2 Å². The van der Waals surface area contributed by atoms with Crippen LogP contribution >= 0.6 is 23.2 Å². The van der Waals surface area contributed by atoms with Crippen molar-refractivity contribution in [1.82, 2.24) is 14.9 Å². The number of carbonyl (C=O) groups is 1. The van der Waals surface area contributed by atoms with Gasteiger partial charge in [0.1, 0.15) is 11.6 Å². The zero-order valence-electron chi connectivity index (χ0n) is 19.0. The lowest BCUT2D eigenvalue weighted by atomic mass is 10.0. The molecule has 33 heavy (non-hydrogen) atoms. The third kappa shape index (κ3) is 5.57. The van der Waals surface area contributed by atoms with E-state index in [9.17, 15) is 4.79 Å². The Morgan fingerprint density at radius 2 is 1.64 bits per heavy atom. The van der Waals surface area contributed by atoms with Crippen molar-refractivity contribution in [3.8, 4) is 0 Å². The molecule has 1 saturated heterocycles. The number of carbonyl (C=O) groups excluding carboxylic acids is 1. The molecule has 0 spiro atoms. The number of urea groups is 1. The van der Waals surface area contributed by atoms with Gasteiger partial charge in [-0.15, -0.1) is 0 Å². The molecule has 0 atom stereocenters. The van der Waals surface area contributed by atoms with Crippen LogP contribution in [0.15, 0.2) is 42.5 Å². The molecule has 2 aromatic carbocycles. The molecule has 0 radical (unpaired) electrons. The maximum Gasteiger partial charge on any atom is 0.321 e. The van der Waals surface area contributed by atoms with E-state index in [2.05, 4.69) is 46.4 Å². The van der Waals surface area contributed by atoms with Crippen molar-refractivity contribution >= 4 is 40.7 Å². The number of aryl methyl sites for hydroxylation is 3. The Balaban J connectivity index is 1.46. The van der Waals surface area contributed by atoms with E-state index in [-0.39, 0.29) is 6.03 Å². The summed E-state index contributed by atoms with van der Waals surface area (Å²) in [6.07, 6.45) is 0.778. The Bertz CT molecular complexity index is 1160. The van der Waals surface area contributed by atoms with E-state index in [1.165, 1.54) is 11.1 Å². The van der Waals surface area contributed by atoms with Crippen molar-refractivity contribution in [2.24, 2.45) is 0 Å². The van der Waals surface area contributed by atoms with Crippen LogP contribution in [0.1, 0.15) is 28.2 Å². The fourth-order valence-electron chi connectivity index (χ4n) is 3.99. The Hall–Kier alpha value is -2.83. The summed E-state index contributed by atoms with van der Waals surface area (Å²) in [5, 5.41) is 3.77. The normalized spacial score (nSPS) is 13.8. The third-order valence-electron chi connectivity index (χ3n) is 5.84. The summed E-state index contributed by atoms with van der Waals surface area (Å²) in [6.45, 7) is 8.65. The molecule has 3 aromatic rings. The van der Waals surface area contributed by atoms with E-state index < -0.39 is 0 Å². The molecular weight excluding hydrogens is 457 g/mol. The van der Waals surface area contributed by atoms with Crippen molar-refractivity contribution in [3.63, 3.8) is 0 Å². The Morgan fingerprint density at radius 1 is 0.939 bits per heavy atom. The number of anilines is 2. The van der Waals surface area contributed by atoms with Gasteiger partial charge in [0.25, 0.3) is 0 Å². The average Bonchev–Trinajstić information content (AvgIpc) is 2.79. The van der Waals surface area contributed by atoms with Gasteiger partial charge < -0.3 is 15.1 Å².